The first-order chi connectivity index (χ1) is 11.4. The summed E-state index contributed by atoms with van der Waals surface area (Å²) < 4.78 is 39.5. The van der Waals surface area contributed by atoms with Gasteiger partial charge in [0, 0.05) is 40.8 Å². The lowest BCUT2D eigenvalue weighted by Crippen LogP contribution is -2.18. The van der Waals surface area contributed by atoms with Crippen LogP contribution in [0.4, 0.5) is 13.2 Å². The number of pyridine rings is 1. The summed E-state index contributed by atoms with van der Waals surface area (Å²) in [6.45, 7) is 1.72. The van der Waals surface area contributed by atoms with Gasteiger partial charge in [-0.15, -0.1) is 0 Å². The van der Waals surface area contributed by atoms with Gasteiger partial charge < -0.3 is 10.3 Å². The number of H-pyrrole nitrogens is 1. The van der Waals surface area contributed by atoms with Gasteiger partial charge in [0.25, 0.3) is 6.43 Å². The zero-order chi connectivity index (χ0) is 17.3. The Labute approximate surface area is 135 Å². The SMILES string of the molecule is CC(=O)NCc1cc2cc(F)c(-c3ccc(C(F)F)cn3)cc2[nH]1. The molecule has 0 spiro atoms. The molecular formula is C17H14F3N3O. The number of alkyl halides is 2. The Balaban J connectivity index is 1.96. The number of rotatable bonds is 4. The van der Waals surface area contributed by atoms with Gasteiger partial charge in [-0.05, 0) is 30.3 Å². The van der Waals surface area contributed by atoms with Crippen molar-refractivity contribution in [1.82, 2.24) is 15.3 Å². The van der Waals surface area contributed by atoms with E-state index in [1.165, 1.54) is 25.1 Å². The van der Waals surface area contributed by atoms with E-state index in [2.05, 4.69) is 15.3 Å². The van der Waals surface area contributed by atoms with Crippen LogP contribution >= 0.6 is 0 Å². The van der Waals surface area contributed by atoms with E-state index >= 15 is 0 Å². The number of aromatic amines is 1. The predicted molar refractivity (Wildman–Crippen MR) is 84.0 cm³/mol. The molecule has 24 heavy (non-hydrogen) atoms. The van der Waals surface area contributed by atoms with Crippen LogP contribution in [-0.2, 0) is 11.3 Å². The second-order valence-electron chi connectivity index (χ2n) is 5.40. The fourth-order valence-electron chi connectivity index (χ4n) is 2.42. The number of hydrogen-bond donors (Lipinski definition) is 2. The van der Waals surface area contributed by atoms with Crippen molar-refractivity contribution >= 4 is 16.8 Å². The molecule has 0 saturated carbocycles. The molecule has 1 aromatic carbocycles. The number of halogens is 3. The van der Waals surface area contributed by atoms with E-state index in [0.29, 0.717) is 17.4 Å². The van der Waals surface area contributed by atoms with Crippen LogP contribution in [0.5, 0.6) is 0 Å². The molecule has 0 fully saturated rings. The number of nitrogens with one attached hydrogen (secondary N) is 2. The molecular weight excluding hydrogens is 319 g/mol. The van der Waals surface area contributed by atoms with Gasteiger partial charge in [-0.25, -0.2) is 13.2 Å². The lowest BCUT2D eigenvalue weighted by molar-refractivity contribution is -0.119. The minimum atomic E-state index is -2.61. The van der Waals surface area contributed by atoms with Gasteiger partial charge in [-0.3, -0.25) is 9.78 Å². The van der Waals surface area contributed by atoms with Gasteiger partial charge in [-0.1, -0.05) is 0 Å². The van der Waals surface area contributed by atoms with E-state index < -0.39 is 12.2 Å². The minimum Gasteiger partial charge on any atom is -0.357 e. The zero-order valence-corrected chi connectivity index (χ0v) is 12.7. The van der Waals surface area contributed by atoms with E-state index in [1.54, 1.807) is 12.1 Å². The van der Waals surface area contributed by atoms with Crippen LogP contribution in [0.1, 0.15) is 24.6 Å². The van der Waals surface area contributed by atoms with Crippen molar-refractivity contribution < 1.29 is 18.0 Å². The number of aromatic nitrogens is 2. The third kappa shape index (κ3) is 3.24. The summed E-state index contributed by atoms with van der Waals surface area (Å²) in [5.74, 6) is -0.659. The van der Waals surface area contributed by atoms with Gasteiger partial charge in [0.15, 0.2) is 0 Å². The first-order valence-electron chi connectivity index (χ1n) is 7.24. The van der Waals surface area contributed by atoms with Crippen molar-refractivity contribution in [3.05, 3.63) is 53.6 Å². The molecule has 2 N–H and O–H groups in total. The number of fused-ring (bicyclic) bond motifs is 1. The van der Waals surface area contributed by atoms with Gasteiger partial charge in [0.1, 0.15) is 5.82 Å². The largest absolute Gasteiger partial charge is 0.357 e. The van der Waals surface area contributed by atoms with Crippen molar-refractivity contribution in [3.63, 3.8) is 0 Å². The first-order valence-corrected chi connectivity index (χ1v) is 7.24. The predicted octanol–water partition coefficient (Wildman–Crippen LogP) is 3.94. The van der Waals surface area contributed by atoms with Crippen molar-refractivity contribution in [3.8, 4) is 11.3 Å². The third-order valence-electron chi connectivity index (χ3n) is 3.61. The summed E-state index contributed by atoms with van der Waals surface area (Å²) in [5, 5.41) is 3.31. The summed E-state index contributed by atoms with van der Waals surface area (Å²) in [5.41, 5.74) is 1.69. The topological polar surface area (TPSA) is 57.8 Å². The number of carbonyl (C=O) groups is 1. The molecule has 2 aromatic heterocycles. The minimum absolute atomic E-state index is 0.163. The fourth-order valence-corrected chi connectivity index (χ4v) is 2.42. The zero-order valence-electron chi connectivity index (χ0n) is 12.7. The Kier molecular flexibility index (Phi) is 4.24. The molecule has 2 heterocycles. The molecule has 0 saturated heterocycles. The number of hydrogen-bond acceptors (Lipinski definition) is 2. The maximum absolute atomic E-state index is 14.3. The average Bonchev–Trinajstić information content (AvgIpc) is 2.94. The van der Waals surface area contributed by atoms with E-state index in [1.807, 2.05) is 0 Å². The van der Waals surface area contributed by atoms with E-state index in [0.717, 1.165) is 11.9 Å². The van der Waals surface area contributed by atoms with Crippen molar-refractivity contribution in [2.75, 3.05) is 0 Å². The van der Waals surface area contributed by atoms with Crippen LogP contribution in [0.15, 0.2) is 36.5 Å². The number of carbonyl (C=O) groups excluding carboxylic acids is 1. The highest BCUT2D eigenvalue weighted by Gasteiger charge is 2.13. The normalized spacial score (nSPS) is 11.2. The van der Waals surface area contributed by atoms with Gasteiger partial charge >= 0.3 is 0 Å². The monoisotopic (exact) mass is 333 g/mol. The number of benzene rings is 1. The Morgan fingerprint density at radius 1 is 1.29 bits per heavy atom. The van der Waals surface area contributed by atoms with Crippen molar-refractivity contribution in [2.45, 2.75) is 19.9 Å². The maximum Gasteiger partial charge on any atom is 0.265 e. The van der Waals surface area contributed by atoms with Crippen LogP contribution in [0.3, 0.4) is 0 Å². The highest BCUT2D eigenvalue weighted by Crippen LogP contribution is 2.28. The Bertz CT molecular complexity index is 888. The van der Waals surface area contributed by atoms with E-state index in [9.17, 15) is 18.0 Å². The molecule has 0 aliphatic rings. The second kappa shape index (κ2) is 6.35. The molecule has 0 radical (unpaired) electrons. The quantitative estimate of drug-likeness (QED) is 0.760. The summed E-state index contributed by atoms with van der Waals surface area (Å²) in [6.07, 6.45) is -1.57. The average molecular weight is 333 g/mol. The third-order valence-corrected chi connectivity index (χ3v) is 3.61. The fraction of sp³-hybridized carbons (Fsp3) is 0.176. The lowest BCUT2D eigenvalue weighted by atomic mass is 10.1. The van der Waals surface area contributed by atoms with Crippen molar-refractivity contribution in [1.29, 1.82) is 0 Å². The van der Waals surface area contributed by atoms with Gasteiger partial charge in [0.2, 0.25) is 5.91 Å². The molecule has 0 aliphatic carbocycles. The Morgan fingerprint density at radius 3 is 2.71 bits per heavy atom. The maximum atomic E-state index is 14.3. The van der Waals surface area contributed by atoms with Gasteiger partial charge in [0.05, 0.1) is 12.2 Å². The molecule has 4 nitrogen and oxygen atoms in total. The van der Waals surface area contributed by atoms with Gasteiger partial charge in [-0.2, -0.15) is 0 Å². The Hall–Kier alpha value is -2.83. The lowest BCUT2D eigenvalue weighted by Gasteiger charge is -2.05. The molecule has 0 unspecified atom stereocenters. The molecule has 0 aliphatic heterocycles. The Morgan fingerprint density at radius 2 is 2.08 bits per heavy atom. The first kappa shape index (κ1) is 16.0. The molecule has 0 bridgehead atoms. The van der Waals surface area contributed by atoms with E-state index in [-0.39, 0.29) is 22.7 Å². The summed E-state index contributed by atoms with van der Waals surface area (Å²) in [4.78, 5) is 18.0. The molecule has 0 atom stereocenters. The standard InChI is InChI=1S/C17H14F3N3O/c1-9(24)21-8-12-4-11-5-14(18)13(6-16(11)23-12)15-3-2-10(7-22-15)17(19)20/h2-7,17,23H,8H2,1H3,(H,21,24). The second-order valence-corrected chi connectivity index (χ2v) is 5.40. The molecule has 7 heteroatoms. The summed E-state index contributed by atoms with van der Waals surface area (Å²) in [7, 11) is 0. The smallest absolute Gasteiger partial charge is 0.265 e. The highest BCUT2D eigenvalue weighted by molar-refractivity contribution is 5.85. The van der Waals surface area contributed by atoms with Crippen LogP contribution in [-0.4, -0.2) is 15.9 Å². The molecule has 1 amide bonds. The summed E-state index contributed by atoms with van der Waals surface area (Å²) >= 11 is 0. The van der Waals surface area contributed by atoms with Crippen LogP contribution in [0, 0.1) is 5.82 Å². The number of amides is 1. The molecule has 3 aromatic rings. The summed E-state index contributed by atoms with van der Waals surface area (Å²) in [6, 6.07) is 7.26. The van der Waals surface area contributed by atoms with Crippen molar-refractivity contribution in [2.24, 2.45) is 0 Å². The number of nitrogens with zero attached hydrogens (tertiary/aromatic N) is 1. The highest BCUT2D eigenvalue weighted by atomic mass is 19.3. The van der Waals surface area contributed by atoms with Crippen LogP contribution < -0.4 is 5.32 Å². The van der Waals surface area contributed by atoms with Crippen LogP contribution in [0.2, 0.25) is 0 Å². The molecule has 3 rings (SSSR count). The molecule has 124 valence electrons. The van der Waals surface area contributed by atoms with E-state index in [4.69, 9.17) is 0 Å². The van der Waals surface area contributed by atoms with Crippen LogP contribution in [0.25, 0.3) is 22.2 Å².